The third-order valence-corrected chi connectivity index (χ3v) is 6.73. The topological polar surface area (TPSA) is 103 Å². The molecule has 3 N–H and O–H groups in total. The fourth-order valence-corrected chi connectivity index (χ4v) is 4.88. The van der Waals surface area contributed by atoms with Gasteiger partial charge in [0.25, 0.3) is 0 Å². The maximum atomic E-state index is 11.7. The van der Waals surface area contributed by atoms with Crippen LogP contribution in [0.1, 0.15) is 23.7 Å². The molecule has 3 aromatic heterocycles. The van der Waals surface area contributed by atoms with Crippen LogP contribution in [0.25, 0.3) is 23.2 Å². The lowest BCUT2D eigenvalue weighted by molar-refractivity contribution is -0.138. The standard InChI is InChI=1S/C25H25N5O3S/c1-26-24-4-2-3-17(29-24)8-10-33-18-5-6-19-20(14-27-21(19)11-18)22(12-25(31)32)30-9-7-23-16(15-30)13-28-34-23/h2-7,11,13-15,22,27H,8-10,12H2,1H3,(H,26,29)(H,31,32). The molecular weight excluding hydrogens is 450 g/mol. The van der Waals surface area contributed by atoms with E-state index in [1.807, 2.05) is 62.0 Å². The molecule has 0 bridgehead atoms. The molecule has 1 atom stereocenters. The molecule has 0 spiro atoms. The number of nitrogens with one attached hydrogen (secondary N) is 2. The molecule has 5 rings (SSSR count). The third kappa shape index (κ3) is 4.60. The van der Waals surface area contributed by atoms with Crippen LogP contribution < -0.4 is 19.8 Å². The number of pyridine rings is 1. The number of hydrogen-bond donors (Lipinski definition) is 3. The lowest BCUT2D eigenvalue weighted by atomic mass is 10.0. The second-order valence-corrected chi connectivity index (χ2v) is 8.94. The molecule has 174 valence electrons. The van der Waals surface area contributed by atoms with Crippen molar-refractivity contribution in [2.45, 2.75) is 18.9 Å². The number of nitrogens with zero attached hydrogens (tertiary/aromatic N) is 3. The quantitative estimate of drug-likeness (QED) is 0.342. The first kappa shape index (κ1) is 22.0. The monoisotopic (exact) mass is 475 g/mol. The van der Waals surface area contributed by atoms with Crippen LogP contribution in [0.4, 0.5) is 5.82 Å². The summed E-state index contributed by atoms with van der Waals surface area (Å²) >= 11 is 1.45. The number of carbonyl (C=O) groups is 1. The van der Waals surface area contributed by atoms with Gasteiger partial charge >= 0.3 is 5.97 Å². The van der Waals surface area contributed by atoms with Crippen molar-refractivity contribution in [2.24, 2.45) is 0 Å². The first-order valence-corrected chi connectivity index (χ1v) is 11.9. The number of benzene rings is 1. The Morgan fingerprint density at radius 1 is 1.35 bits per heavy atom. The summed E-state index contributed by atoms with van der Waals surface area (Å²) in [7, 11) is 1.85. The number of hydrogen-bond acceptors (Lipinski definition) is 7. The minimum absolute atomic E-state index is 0.00112. The molecule has 1 aliphatic heterocycles. The zero-order chi connectivity index (χ0) is 23.5. The number of rotatable bonds is 9. The van der Waals surface area contributed by atoms with Gasteiger partial charge in [0, 0.05) is 72.1 Å². The van der Waals surface area contributed by atoms with Crippen LogP contribution >= 0.6 is 11.5 Å². The number of aromatic nitrogens is 3. The number of carboxylic acid groups (broad SMARTS) is 1. The van der Waals surface area contributed by atoms with E-state index in [0.29, 0.717) is 19.6 Å². The number of carboxylic acids is 1. The number of H-pyrrole nitrogens is 1. The predicted molar refractivity (Wildman–Crippen MR) is 133 cm³/mol. The largest absolute Gasteiger partial charge is 0.493 e. The number of aromatic amines is 1. The minimum Gasteiger partial charge on any atom is -0.493 e. The van der Waals surface area contributed by atoms with E-state index in [1.165, 1.54) is 11.5 Å². The number of ether oxygens (including phenoxy) is 1. The Morgan fingerprint density at radius 2 is 2.26 bits per heavy atom. The fourth-order valence-electron chi connectivity index (χ4n) is 4.24. The third-order valence-electron chi connectivity index (χ3n) is 5.92. The van der Waals surface area contributed by atoms with Gasteiger partial charge in [-0.25, -0.2) is 4.98 Å². The summed E-state index contributed by atoms with van der Waals surface area (Å²) in [6.07, 6.45) is 8.55. The van der Waals surface area contributed by atoms with Gasteiger partial charge in [-0.2, -0.15) is 4.37 Å². The van der Waals surface area contributed by atoms with Gasteiger partial charge in [-0.3, -0.25) is 4.79 Å². The Labute approximate surface area is 200 Å². The van der Waals surface area contributed by atoms with Crippen LogP contribution in [0.5, 0.6) is 5.75 Å². The van der Waals surface area contributed by atoms with E-state index in [-0.39, 0.29) is 12.5 Å². The average Bonchev–Trinajstić information content (AvgIpc) is 3.49. The first-order valence-electron chi connectivity index (χ1n) is 11.1. The van der Waals surface area contributed by atoms with Crippen molar-refractivity contribution < 1.29 is 14.6 Å². The summed E-state index contributed by atoms with van der Waals surface area (Å²) in [5.41, 5.74) is 2.83. The van der Waals surface area contributed by atoms with Crippen LogP contribution in [0.15, 0.2) is 48.8 Å². The van der Waals surface area contributed by atoms with Crippen LogP contribution in [0, 0.1) is 0 Å². The Morgan fingerprint density at radius 3 is 3.12 bits per heavy atom. The van der Waals surface area contributed by atoms with Crippen molar-refractivity contribution in [1.82, 2.24) is 19.2 Å². The minimum atomic E-state index is -0.835. The molecule has 1 aliphatic rings. The van der Waals surface area contributed by atoms with E-state index in [1.54, 1.807) is 0 Å². The summed E-state index contributed by atoms with van der Waals surface area (Å²) < 4.78 is 11.3. The van der Waals surface area contributed by atoms with Gasteiger partial charge in [-0.15, -0.1) is 0 Å². The zero-order valence-corrected chi connectivity index (χ0v) is 19.5. The smallest absolute Gasteiger partial charge is 0.305 e. The summed E-state index contributed by atoms with van der Waals surface area (Å²) in [4.78, 5) is 21.6. The van der Waals surface area contributed by atoms with Crippen molar-refractivity contribution in [2.75, 3.05) is 25.5 Å². The van der Waals surface area contributed by atoms with Gasteiger partial charge in [0.2, 0.25) is 0 Å². The Balaban J connectivity index is 1.34. The zero-order valence-electron chi connectivity index (χ0n) is 18.7. The maximum absolute atomic E-state index is 11.7. The van der Waals surface area contributed by atoms with Gasteiger partial charge in [0.15, 0.2) is 0 Å². The highest BCUT2D eigenvalue weighted by molar-refractivity contribution is 7.03. The number of anilines is 1. The van der Waals surface area contributed by atoms with E-state index >= 15 is 0 Å². The molecule has 1 aromatic carbocycles. The predicted octanol–water partition coefficient (Wildman–Crippen LogP) is 2.73. The highest BCUT2D eigenvalue weighted by Gasteiger charge is 2.25. The Kier molecular flexibility index (Phi) is 6.18. The van der Waals surface area contributed by atoms with Gasteiger partial charge in [0.1, 0.15) is 11.6 Å². The van der Waals surface area contributed by atoms with E-state index < -0.39 is 5.97 Å². The molecule has 4 heterocycles. The average molecular weight is 476 g/mol. The first-order chi connectivity index (χ1) is 16.6. The molecule has 0 radical (unpaired) electrons. The fraction of sp³-hybridized carbons (Fsp3) is 0.240. The normalized spacial score (nSPS) is 13.6. The van der Waals surface area contributed by atoms with E-state index in [0.717, 1.165) is 43.5 Å². The van der Waals surface area contributed by atoms with E-state index in [9.17, 15) is 9.90 Å². The Bertz CT molecular complexity index is 1440. The van der Waals surface area contributed by atoms with Crippen LogP contribution in [-0.2, 0) is 11.2 Å². The molecule has 0 aliphatic carbocycles. The molecular formula is C25H25N5O3S. The molecule has 0 amide bonds. The maximum Gasteiger partial charge on any atom is 0.305 e. The van der Waals surface area contributed by atoms with E-state index in [2.05, 4.69) is 30.6 Å². The molecule has 0 saturated carbocycles. The summed E-state index contributed by atoms with van der Waals surface area (Å²) in [5.74, 6) is 0.758. The van der Waals surface area contributed by atoms with Crippen molar-refractivity contribution in [1.29, 1.82) is 0 Å². The molecule has 4 aromatic rings. The van der Waals surface area contributed by atoms with Gasteiger partial charge in [-0.1, -0.05) is 6.07 Å². The van der Waals surface area contributed by atoms with Gasteiger partial charge < -0.3 is 25.0 Å². The molecule has 0 fully saturated rings. The molecule has 8 nitrogen and oxygen atoms in total. The number of aliphatic carboxylic acids is 1. The van der Waals surface area contributed by atoms with Crippen LogP contribution in [0.3, 0.4) is 0 Å². The van der Waals surface area contributed by atoms with Crippen molar-refractivity contribution in [3.05, 3.63) is 69.8 Å². The van der Waals surface area contributed by atoms with Crippen molar-refractivity contribution in [3.8, 4) is 5.75 Å². The van der Waals surface area contributed by atoms with Gasteiger partial charge in [0.05, 0.1) is 23.6 Å². The van der Waals surface area contributed by atoms with E-state index in [4.69, 9.17) is 4.74 Å². The lowest BCUT2D eigenvalue weighted by Gasteiger charge is -2.29. The Hall–Kier alpha value is -3.85. The summed E-state index contributed by atoms with van der Waals surface area (Å²) in [5, 5.41) is 14.7. The highest BCUT2D eigenvalue weighted by Crippen LogP contribution is 2.33. The molecule has 34 heavy (non-hydrogen) atoms. The number of fused-ring (bicyclic) bond motifs is 2. The molecule has 1 unspecified atom stereocenters. The molecule has 9 heteroatoms. The second-order valence-electron chi connectivity index (χ2n) is 8.10. The van der Waals surface area contributed by atoms with Gasteiger partial charge in [-0.05, 0) is 41.9 Å². The van der Waals surface area contributed by atoms with Crippen molar-refractivity contribution >= 4 is 46.5 Å². The lowest BCUT2D eigenvalue weighted by Crippen LogP contribution is -2.35. The second kappa shape index (κ2) is 9.56. The summed E-state index contributed by atoms with van der Waals surface area (Å²) in [6, 6.07) is 11.5. The van der Waals surface area contributed by atoms with Crippen LogP contribution in [-0.4, -0.2) is 50.5 Å². The highest BCUT2D eigenvalue weighted by atomic mass is 32.1. The summed E-state index contributed by atoms with van der Waals surface area (Å²) in [6.45, 7) is 1.15. The van der Waals surface area contributed by atoms with Crippen molar-refractivity contribution in [3.63, 3.8) is 0 Å². The SMILES string of the molecule is CNc1cccc(CCOc2ccc3c(C(CC(=O)O)N4C=c5cnsc5=CC4)c[nH]c3c2)n1. The van der Waals surface area contributed by atoms with Crippen LogP contribution in [0.2, 0.25) is 0 Å². The molecule has 0 saturated heterocycles.